The summed E-state index contributed by atoms with van der Waals surface area (Å²) in [4.78, 5) is 26.4. The Balaban J connectivity index is 0.000000280. The molecule has 10 heteroatoms. The Kier molecular flexibility index (Phi) is 6.13. The highest BCUT2D eigenvalue weighted by Gasteiger charge is 2.54. The third-order valence-electron chi connectivity index (χ3n) is 6.91. The largest absolute Gasteiger partial charge is 0.493 e. The number of ether oxygens (including phenoxy) is 1. The Morgan fingerprint density at radius 2 is 2.00 bits per heavy atom. The van der Waals surface area contributed by atoms with Crippen molar-refractivity contribution in [3.63, 3.8) is 0 Å². The fourth-order valence-corrected chi connectivity index (χ4v) is 5.03. The maximum absolute atomic E-state index is 14.4. The first-order valence-electron chi connectivity index (χ1n) is 11.7. The van der Waals surface area contributed by atoms with Crippen molar-refractivity contribution < 1.29 is 13.9 Å². The Hall–Kier alpha value is -3.92. The van der Waals surface area contributed by atoms with Crippen LogP contribution in [-0.4, -0.2) is 63.3 Å². The molecule has 1 amide bonds. The van der Waals surface area contributed by atoms with Gasteiger partial charge in [0, 0.05) is 43.5 Å². The number of methoxy groups -OCH3 is 1. The number of fused-ring (bicyclic) bond motifs is 2. The van der Waals surface area contributed by atoms with Crippen LogP contribution in [0.25, 0.3) is 33.5 Å². The molecule has 2 atom stereocenters. The molecule has 2 unspecified atom stereocenters. The van der Waals surface area contributed by atoms with E-state index in [9.17, 15) is 9.18 Å². The summed E-state index contributed by atoms with van der Waals surface area (Å²) in [6.07, 6.45) is 5.14. The van der Waals surface area contributed by atoms with Gasteiger partial charge in [-0.2, -0.15) is 5.10 Å². The monoisotopic (exact) mass is 489 g/mol. The molecule has 186 valence electrons. The molecule has 4 aromatic rings. The van der Waals surface area contributed by atoms with Crippen molar-refractivity contribution in [2.45, 2.75) is 13.3 Å². The van der Waals surface area contributed by atoms with Gasteiger partial charge in [-0.05, 0) is 36.9 Å². The number of anilines is 1. The van der Waals surface area contributed by atoms with Crippen molar-refractivity contribution in [3.8, 4) is 28.3 Å². The molecule has 3 aromatic heterocycles. The van der Waals surface area contributed by atoms with Crippen molar-refractivity contribution in [2.24, 2.45) is 18.4 Å². The minimum absolute atomic E-state index is 0.234. The van der Waals surface area contributed by atoms with Crippen molar-refractivity contribution in [2.75, 3.05) is 32.6 Å². The molecule has 0 spiro atoms. The van der Waals surface area contributed by atoms with Gasteiger partial charge in [0.2, 0.25) is 6.41 Å². The van der Waals surface area contributed by atoms with Crippen LogP contribution < -0.4 is 10.1 Å². The summed E-state index contributed by atoms with van der Waals surface area (Å²) in [6, 6.07) is 8.04. The summed E-state index contributed by atoms with van der Waals surface area (Å²) >= 11 is 0. The molecule has 0 radical (unpaired) electrons. The number of carbonyl (C=O) groups excluding carboxylic acids is 1. The summed E-state index contributed by atoms with van der Waals surface area (Å²) in [5.74, 6) is 1.27. The van der Waals surface area contributed by atoms with Crippen LogP contribution in [0.4, 0.5) is 10.2 Å². The first-order chi connectivity index (χ1) is 17.3. The summed E-state index contributed by atoms with van der Waals surface area (Å²) in [5, 5.41) is 6.91. The molecule has 6 rings (SSSR count). The lowest BCUT2D eigenvalue weighted by atomic mass is 10.0. The van der Waals surface area contributed by atoms with E-state index in [4.69, 9.17) is 4.74 Å². The number of piperidine rings is 1. The van der Waals surface area contributed by atoms with Crippen LogP contribution in [0.5, 0.6) is 5.75 Å². The van der Waals surface area contributed by atoms with Crippen LogP contribution >= 0.6 is 0 Å². The number of hydrogen-bond acceptors (Lipinski definition) is 7. The fraction of sp³-hybridized carbons (Fsp3) is 0.346. The predicted octanol–water partition coefficient (Wildman–Crippen LogP) is 3.77. The topological polar surface area (TPSA) is 98.1 Å². The van der Waals surface area contributed by atoms with Gasteiger partial charge in [-0.1, -0.05) is 19.1 Å². The molecular formula is C26H28FN7O2. The zero-order valence-electron chi connectivity index (χ0n) is 20.7. The highest BCUT2D eigenvalue weighted by Crippen LogP contribution is 2.56. The third-order valence-corrected chi connectivity index (χ3v) is 6.91. The number of pyridine rings is 1. The maximum Gasteiger partial charge on any atom is 0.212 e. The minimum Gasteiger partial charge on any atom is -0.493 e. The molecule has 1 saturated carbocycles. The Morgan fingerprint density at radius 3 is 2.64 bits per heavy atom. The van der Waals surface area contributed by atoms with Gasteiger partial charge in [-0.25, -0.2) is 19.3 Å². The van der Waals surface area contributed by atoms with Crippen LogP contribution in [0.1, 0.15) is 13.3 Å². The van der Waals surface area contributed by atoms with Gasteiger partial charge >= 0.3 is 0 Å². The van der Waals surface area contributed by atoms with E-state index in [-0.39, 0.29) is 5.82 Å². The number of nitrogens with one attached hydrogen (secondary N) is 1. The molecule has 1 aromatic carbocycles. The highest BCUT2D eigenvalue weighted by molar-refractivity contribution is 5.95. The average molecular weight is 490 g/mol. The van der Waals surface area contributed by atoms with Gasteiger partial charge < -0.3 is 15.0 Å². The SMILES string of the molecule is CN1CC2CC2(C)C1.COc1cc2ncnc(-c3cn(C)nc3-c3ccccc3F)c2nc1NC=O. The number of amides is 1. The normalized spacial score (nSPS) is 20.4. The van der Waals surface area contributed by atoms with Gasteiger partial charge in [0.05, 0.1) is 12.6 Å². The van der Waals surface area contributed by atoms with Gasteiger partial charge in [-0.3, -0.25) is 9.48 Å². The second kappa shape index (κ2) is 9.27. The third kappa shape index (κ3) is 4.39. The van der Waals surface area contributed by atoms with E-state index in [1.54, 1.807) is 42.2 Å². The van der Waals surface area contributed by atoms with E-state index in [0.29, 0.717) is 45.7 Å². The number of hydrogen-bond donors (Lipinski definition) is 1. The number of nitrogens with zero attached hydrogens (tertiary/aromatic N) is 6. The number of benzene rings is 1. The quantitative estimate of drug-likeness (QED) is 0.426. The minimum atomic E-state index is -0.390. The smallest absolute Gasteiger partial charge is 0.212 e. The van der Waals surface area contributed by atoms with Crippen molar-refractivity contribution >= 4 is 23.3 Å². The molecule has 2 fully saturated rings. The van der Waals surface area contributed by atoms with Crippen molar-refractivity contribution in [1.29, 1.82) is 0 Å². The van der Waals surface area contributed by atoms with Gasteiger partial charge in [0.15, 0.2) is 11.6 Å². The summed E-state index contributed by atoms with van der Waals surface area (Å²) in [7, 11) is 5.43. The van der Waals surface area contributed by atoms with Crippen LogP contribution in [0, 0.1) is 17.2 Å². The lowest BCUT2D eigenvalue weighted by molar-refractivity contribution is -0.105. The molecule has 1 aliphatic carbocycles. The predicted molar refractivity (Wildman–Crippen MR) is 135 cm³/mol. The van der Waals surface area contributed by atoms with Crippen molar-refractivity contribution in [1.82, 2.24) is 29.6 Å². The first kappa shape index (κ1) is 23.8. The number of carbonyl (C=O) groups is 1. The molecule has 2 aliphatic rings. The van der Waals surface area contributed by atoms with Gasteiger partial charge in [0.25, 0.3) is 0 Å². The lowest BCUT2D eigenvalue weighted by Crippen LogP contribution is -2.18. The summed E-state index contributed by atoms with van der Waals surface area (Å²) in [5.41, 5.74) is 3.55. The van der Waals surface area contributed by atoms with Crippen LogP contribution in [0.2, 0.25) is 0 Å². The zero-order chi connectivity index (χ0) is 25.4. The Labute approximate surface area is 208 Å². The Bertz CT molecular complexity index is 1440. The van der Waals surface area contributed by atoms with E-state index in [1.165, 1.54) is 39.0 Å². The number of rotatable bonds is 5. The summed E-state index contributed by atoms with van der Waals surface area (Å²) in [6.45, 7) is 5.11. The number of likely N-dealkylation sites (tertiary alicyclic amines) is 1. The van der Waals surface area contributed by atoms with E-state index >= 15 is 0 Å². The standard InChI is InChI=1S/C19H15FN6O2.C7H13N/c1-26-8-12(16(25-26)11-5-3-4-6-13(11)20)17-18-14(21-9-22-17)7-15(28-2)19(24-18)23-10-27;1-7-3-6(7)4-8(2)5-7/h3-10H,1-2H3,(H,23,24,27);6H,3-5H2,1-2H3. The fourth-order valence-electron chi connectivity index (χ4n) is 5.03. The molecule has 36 heavy (non-hydrogen) atoms. The number of aryl methyl sites for hydroxylation is 1. The molecule has 4 heterocycles. The highest BCUT2D eigenvalue weighted by atomic mass is 19.1. The van der Waals surface area contributed by atoms with Crippen LogP contribution in [0.15, 0.2) is 42.9 Å². The van der Waals surface area contributed by atoms with Gasteiger partial charge in [-0.15, -0.1) is 0 Å². The average Bonchev–Trinajstić information content (AvgIpc) is 3.16. The first-order valence-corrected chi connectivity index (χ1v) is 11.7. The molecule has 1 saturated heterocycles. The van der Waals surface area contributed by atoms with E-state index in [0.717, 1.165) is 11.3 Å². The van der Waals surface area contributed by atoms with E-state index in [1.807, 2.05) is 0 Å². The summed E-state index contributed by atoms with van der Waals surface area (Å²) < 4.78 is 21.2. The second-order valence-electron chi connectivity index (χ2n) is 9.69. The molecule has 0 bridgehead atoms. The molecule has 9 nitrogen and oxygen atoms in total. The second-order valence-corrected chi connectivity index (χ2v) is 9.69. The number of halogens is 1. The van der Waals surface area contributed by atoms with Crippen LogP contribution in [0.3, 0.4) is 0 Å². The maximum atomic E-state index is 14.4. The Morgan fingerprint density at radius 1 is 1.19 bits per heavy atom. The lowest BCUT2D eigenvalue weighted by Gasteiger charge is -2.10. The van der Waals surface area contributed by atoms with Crippen molar-refractivity contribution in [3.05, 3.63) is 48.7 Å². The van der Waals surface area contributed by atoms with E-state index < -0.39 is 5.82 Å². The number of aromatic nitrogens is 5. The molecule has 1 N–H and O–H groups in total. The zero-order valence-corrected chi connectivity index (χ0v) is 20.7. The van der Waals surface area contributed by atoms with E-state index in [2.05, 4.69) is 44.2 Å². The molecule has 1 aliphatic heterocycles. The molecular weight excluding hydrogens is 461 g/mol. The van der Waals surface area contributed by atoms with Gasteiger partial charge in [0.1, 0.15) is 29.0 Å². The van der Waals surface area contributed by atoms with Crippen LogP contribution in [-0.2, 0) is 11.8 Å².